The summed E-state index contributed by atoms with van der Waals surface area (Å²) in [4.78, 5) is 8.39. The summed E-state index contributed by atoms with van der Waals surface area (Å²) in [5.74, 6) is 1.97. The Kier molecular flexibility index (Phi) is 3.22. The molecule has 0 bridgehead atoms. The summed E-state index contributed by atoms with van der Waals surface area (Å²) in [6.45, 7) is 2.45. The molecule has 0 spiro atoms. The van der Waals surface area contributed by atoms with Crippen LogP contribution in [-0.2, 0) is 13.6 Å². The molecule has 90 valence electrons. The van der Waals surface area contributed by atoms with E-state index >= 15 is 0 Å². The average Bonchev–Trinajstić information content (AvgIpc) is 2.72. The summed E-state index contributed by atoms with van der Waals surface area (Å²) in [5.41, 5.74) is 0.961. The highest BCUT2D eigenvalue weighted by molar-refractivity contribution is 5.38. The second-order valence-corrected chi connectivity index (χ2v) is 3.68. The Labute approximate surface area is 99.7 Å². The molecule has 6 nitrogen and oxygen atoms in total. The molecule has 6 heteroatoms. The van der Waals surface area contributed by atoms with Crippen molar-refractivity contribution >= 4 is 5.82 Å². The molecule has 0 radical (unpaired) electrons. The molecule has 0 amide bonds. The molecule has 2 aromatic heterocycles. The predicted octanol–water partition coefficient (Wildman–Crippen LogP) is 1.14. The zero-order chi connectivity index (χ0) is 12.3. The minimum Gasteiger partial charge on any atom is -0.481 e. The lowest BCUT2D eigenvalue weighted by molar-refractivity contribution is 0.396. The summed E-state index contributed by atoms with van der Waals surface area (Å²) in [6.07, 6.45) is 1.91. The second kappa shape index (κ2) is 4.82. The van der Waals surface area contributed by atoms with E-state index in [1.54, 1.807) is 17.9 Å². The van der Waals surface area contributed by atoms with Crippen molar-refractivity contribution in [3.05, 3.63) is 29.8 Å². The maximum atomic E-state index is 5.08. The van der Waals surface area contributed by atoms with E-state index in [0.29, 0.717) is 18.2 Å². The van der Waals surface area contributed by atoms with Crippen molar-refractivity contribution in [1.29, 1.82) is 0 Å². The van der Waals surface area contributed by atoms with Crippen molar-refractivity contribution in [2.24, 2.45) is 7.05 Å². The Hall–Kier alpha value is -2.11. The molecule has 0 saturated carbocycles. The first-order chi connectivity index (χ1) is 8.17. The van der Waals surface area contributed by atoms with Crippen molar-refractivity contribution < 1.29 is 4.74 Å². The molecule has 0 aromatic carbocycles. The Morgan fingerprint density at radius 3 is 2.88 bits per heavy atom. The van der Waals surface area contributed by atoms with Gasteiger partial charge in [-0.2, -0.15) is 10.1 Å². The highest BCUT2D eigenvalue weighted by Crippen LogP contribution is 2.13. The third-order valence-corrected chi connectivity index (χ3v) is 2.24. The van der Waals surface area contributed by atoms with E-state index < -0.39 is 0 Å². The maximum absolute atomic E-state index is 5.08. The summed E-state index contributed by atoms with van der Waals surface area (Å²) in [5, 5.41) is 7.45. The van der Waals surface area contributed by atoms with E-state index in [4.69, 9.17) is 4.74 Å². The molecule has 2 rings (SSSR count). The van der Waals surface area contributed by atoms with Crippen molar-refractivity contribution in [1.82, 2.24) is 19.7 Å². The molecule has 17 heavy (non-hydrogen) atoms. The summed E-state index contributed by atoms with van der Waals surface area (Å²) < 4.78 is 6.85. The number of rotatable bonds is 4. The summed E-state index contributed by atoms with van der Waals surface area (Å²) >= 11 is 0. The molecule has 0 aliphatic carbocycles. The zero-order valence-electron chi connectivity index (χ0n) is 10.1. The van der Waals surface area contributed by atoms with Gasteiger partial charge in [-0.1, -0.05) is 0 Å². The Morgan fingerprint density at radius 1 is 1.41 bits per heavy atom. The van der Waals surface area contributed by atoms with Gasteiger partial charge in [0.25, 0.3) is 0 Å². The van der Waals surface area contributed by atoms with Crippen LogP contribution < -0.4 is 10.1 Å². The van der Waals surface area contributed by atoms with Gasteiger partial charge in [-0.25, -0.2) is 4.98 Å². The van der Waals surface area contributed by atoms with E-state index in [0.717, 1.165) is 11.5 Å². The van der Waals surface area contributed by atoms with Gasteiger partial charge in [0, 0.05) is 19.3 Å². The molecule has 0 fully saturated rings. The van der Waals surface area contributed by atoms with Crippen LogP contribution in [0.25, 0.3) is 0 Å². The van der Waals surface area contributed by atoms with Crippen LogP contribution in [0.15, 0.2) is 18.3 Å². The number of aromatic nitrogens is 4. The first-order valence-corrected chi connectivity index (χ1v) is 5.29. The van der Waals surface area contributed by atoms with Crippen molar-refractivity contribution in [2.45, 2.75) is 13.5 Å². The second-order valence-electron chi connectivity index (χ2n) is 3.68. The van der Waals surface area contributed by atoms with Crippen LogP contribution in [0.5, 0.6) is 5.88 Å². The van der Waals surface area contributed by atoms with Gasteiger partial charge in [-0.3, -0.25) is 4.68 Å². The zero-order valence-corrected chi connectivity index (χ0v) is 10.1. The van der Waals surface area contributed by atoms with Crippen molar-refractivity contribution in [3.8, 4) is 5.88 Å². The molecule has 0 saturated heterocycles. The predicted molar refractivity (Wildman–Crippen MR) is 63.9 cm³/mol. The van der Waals surface area contributed by atoms with Gasteiger partial charge in [0.1, 0.15) is 11.6 Å². The van der Waals surface area contributed by atoms with Crippen LogP contribution in [0, 0.1) is 6.92 Å². The van der Waals surface area contributed by atoms with Gasteiger partial charge >= 0.3 is 0 Å². The van der Waals surface area contributed by atoms with Gasteiger partial charge in [0.2, 0.25) is 5.88 Å². The van der Waals surface area contributed by atoms with Gasteiger partial charge in [0.15, 0.2) is 0 Å². The first-order valence-electron chi connectivity index (χ1n) is 5.29. The fraction of sp³-hybridized carbons (Fsp3) is 0.364. The Balaban J connectivity index is 2.05. The quantitative estimate of drug-likeness (QED) is 0.857. The standard InChI is InChI=1S/C11H15N5O/c1-8-13-10(6-11(14-8)17-3)12-7-9-4-5-16(2)15-9/h4-6H,7H2,1-3H3,(H,12,13,14). The third-order valence-electron chi connectivity index (χ3n) is 2.24. The number of hydrogen-bond acceptors (Lipinski definition) is 5. The number of hydrogen-bond donors (Lipinski definition) is 1. The van der Waals surface area contributed by atoms with Crippen LogP contribution in [0.4, 0.5) is 5.82 Å². The maximum Gasteiger partial charge on any atom is 0.218 e. The number of nitrogens with zero attached hydrogens (tertiary/aromatic N) is 4. The average molecular weight is 233 g/mol. The highest BCUT2D eigenvalue weighted by Gasteiger charge is 2.02. The minimum atomic E-state index is 0.557. The number of aryl methyl sites for hydroxylation is 2. The summed E-state index contributed by atoms with van der Waals surface area (Å²) in [7, 11) is 3.48. The van der Waals surface area contributed by atoms with E-state index in [1.165, 1.54) is 0 Å². The molecule has 0 unspecified atom stereocenters. The van der Waals surface area contributed by atoms with E-state index in [9.17, 15) is 0 Å². The van der Waals surface area contributed by atoms with Crippen LogP contribution in [-0.4, -0.2) is 26.9 Å². The monoisotopic (exact) mass is 233 g/mol. The van der Waals surface area contributed by atoms with Crippen molar-refractivity contribution in [2.75, 3.05) is 12.4 Å². The molecule has 0 aliphatic heterocycles. The smallest absolute Gasteiger partial charge is 0.218 e. The van der Waals surface area contributed by atoms with Crippen LogP contribution in [0.3, 0.4) is 0 Å². The largest absolute Gasteiger partial charge is 0.481 e. The molecule has 0 aliphatic rings. The van der Waals surface area contributed by atoms with Gasteiger partial charge in [-0.15, -0.1) is 0 Å². The van der Waals surface area contributed by atoms with Gasteiger partial charge in [-0.05, 0) is 13.0 Å². The lowest BCUT2D eigenvalue weighted by Crippen LogP contribution is -2.05. The molecule has 0 atom stereocenters. The Morgan fingerprint density at radius 2 is 2.24 bits per heavy atom. The van der Waals surface area contributed by atoms with Crippen LogP contribution in [0.2, 0.25) is 0 Å². The molecule has 2 aromatic rings. The minimum absolute atomic E-state index is 0.557. The third kappa shape index (κ3) is 2.93. The number of ether oxygens (including phenoxy) is 1. The molecular formula is C11H15N5O. The molecular weight excluding hydrogens is 218 g/mol. The van der Waals surface area contributed by atoms with Crippen molar-refractivity contribution in [3.63, 3.8) is 0 Å². The fourth-order valence-corrected chi connectivity index (χ4v) is 1.47. The SMILES string of the molecule is COc1cc(NCc2ccn(C)n2)nc(C)n1. The Bertz CT molecular complexity index is 508. The normalized spacial score (nSPS) is 10.3. The van der Waals surface area contributed by atoms with Gasteiger partial charge < -0.3 is 10.1 Å². The summed E-state index contributed by atoms with van der Waals surface area (Å²) in [6, 6.07) is 3.72. The van der Waals surface area contributed by atoms with Crippen LogP contribution in [0.1, 0.15) is 11.5 Å². The highest BCUT2D eigenvalue weighted by atomic mass is 16.5. The number of nitrogens with one attached hydrogen (secondary N) is 1. The lowest BCUT2D eigenvalue weighted by Gasteiger charge is -2.06. The lowest BCUT2D eigenvalue weighted by atomic mass is 10.4. The number of methoxy groups -OCH3 is 1. The van der Waals surface area contributed by atoms with Crippen LogP contribution >= 0.6 is 0 Å². The van der Waals surface area contributed by atoms with E-state index in [2.05, 4.69) is 20.4 Å². The van der Waals surface area contributed by atoms with E-state index in [-0.39, 0.29) is 0 Å². The topological polar surface area (TPSA) is 64.9 Å². The van der Waals surface area contributed by atoms with E-state index in [1.807, 2.05) is 26.2 Å². The number of anilines is 1. The molecule has 2 heterocycles. The first kappa shape index (κ1) is 11.4. The van der Waals surface area contributed by atoms with Gasteiger partial charge in [0.05, 0.1) is 19.3 Å². The molecule has 1 N–H and O–H groups in total. The fourth-order valence-electron chi connectivity index (χ4n) is 1.47.